The maximum Gasteiger partial charge on any atom is 0.325 e. The van der Waals surface area contributed by atoms with Gasteiger partial charge in [-0.1, -0.05) is 51.7 Å². The second-order valence-corrected chi connectivity index (χ2v) is 16.5. The normalized spacial score (nSPS) is 11.9. The Labute approximate surface area is 160 Å². The summed E-state index contributed by atoms with van der Waals surface area (Å²) in [6.07, 6.45) is 4.25. The van der Waals surface area contributed by atoms with E-state index in [1.165, 1.54) is 0 Å². The summed E-state index contributed by atoms with van der Waals surface area (Å²) >= 11 is 0. The molecule has 0 fully saturated rings. The fraction of sp³-hybridized carbons (Fsp3) is 0.600. The van der Waals surface area contributed by atoms with Crippen LogP contribution in [0.15, 0.2) is 24.3 Å². The SMILES string of the molecule is CCCC[Si](C)(C)OC(=O)c1ccccc1C(=O)O[Si](C)(C)CCCC. The number of benzene rings is 1. The van der Waals surface area contributed by atoms with Crippen molar-refractivity contribution in [3.63, 3.8) is 0 Å². The highest BCUT2D eigenvalue weighted by Gasteiger charge is 2.31. The molecule has 0 saturated carbocycles. The molecule has 0 heterocycles. The Bertz CT molecular complexity index is 559. The summed E-state index contributed by atoms with van der Waals surface area (Å²) in [4.78, 5) is 25.4. The first kappa shape index (κ1) is 22.6. The molecular weight excluding hydrogens is 360 g/mol. The Balaban J connectivity index is 2.93. The number of carbonyl (C=O) groups excluding carboxylic acids is 2. The maximum atomic E-state index is 12.7. The van der Waals surface area contributed by atoms with E-state index in [1.807, 2.05) is 26.2 Å². The van der Waals surface area contributed by atoms with Crippen LogP contribution in [0.5, 0.6) is 0 Å². The van der Waals surface area contributed by atoms with E-state index < -0.39 is 28.6 Å². The standard InChI is InChI=1S/C20H34O4Si2/c1-7-9-15-25(3,4)23-19(21)17-13-11-12-14-18(17)20(22)24-26(5,6)16-10-8-2/h11-14H,7-10,15-16H2,1-6H3. The topological polar surface area (TPSA) is 52.6 Å². The van der Waals surface area contributed by atoms with Crippen molar-refractivity contribution in [3.8, 4) is 0 Å². The molecule has 0 aromatic heterocycles. The zero-order chi connectivity index (χ0) is 19.8. The van der Waals surface area contributed by atoms with Gasteiger partial charge in [-0.3, -0.25) is 0 Å². The van der Waals surface area contributed by atoms with Gasteiger partial charge in [0.15, 0.2) is 0 Å². The number of hydrogen-bond donors (Lipinski definition) is 0. The van der Waals surface area contributed by atoms with Crippen molar-refractivity contribution in [2.24, 2.45) is 0 Å². The zero-order valence-electron chi connectivity index (χ0n) is 17.2. The number of hydrogen-bond acceptors (Lipinski definition) is 4. The quantitative estimate of drug-likeness (QED) is 0.456. The molecule has 0 spiro atoms. The smallest absolute Gasteiger partial charge is 0.325 e. The summed E-state index contributed by atoms with van der Waals surface area (Å²) in [5.41, 5.74) is 0.629. The molecule has 0 unspecified atom stereocenters. The third kappa shape index (κ3) is 7.45. The van der Waals surface area contributed by atoms with E-state index in [0.717, 1.165) is 37.8 Å². The lowest BCUT2D eigenvalue weighted by molar-refractivity contribution is 0.0677. The molecule has 1 rings (SSSR count). The van der Waals surface area contributed by atoms with Crippen LogP contribution in [0.25, 0.3) is 0 Å². The van der Waals surface area contributed by atoms with Crippen LogP contribution < -0.4 is 0 Å². The van der Waals surface area contributed by atoms with Crippen molar-refractivity contribution in [1.29, 1.82) is 0 Å². The molecule has 0 saturated heterocycles. The molecule has 1 aromatic carbocycles. The van der Waals surface area contributed by atoms with E-state index in [-0.39, 0.29) is 0 Å². The van der Waals surface area contributed by atoms with E-state index in [0.29, 0.717) is 11.1 Å². The lowest BCUT2D eigenvalue weighted by Gasteiger charge is -2.25. The highest BCUT2D eigenvalue weighted by molar-refractivity contribution is 6.73. The van der Waals surface area contributed by atoms with Gasteiger partial charge in [0.2, 0.25) is 16.6 Å². The largest absolute Gasteiger partial charge is 0.516 e. The van der Waals surface area contributed by atoms with Gasteiger partial charge in [0.05, 0.1) is 11.1 Å². The maximum absolute atomic E-state index is 12.7. The lowest BCUT2D eigenvalue weighted by atomic mass is 10.1. The second-order valence-electron chi connectivity index (χ2n) is 8.05. The van der Waals surface area contributed by atoms with Crippen LogP contribution in [0.3, 0.4) is 0 Å². The Kier molecular flexibility index (Phi) is 8.76. The van der Waals surface area contributed by atoms with E-state index in [4.69, 9.17) is 8.85 Å². The molecule has 0 amide bonds. The summed E-state index contributed by atoms with van der Waals surface area (Å²) in [6.45, 7) is 12.4. The average Bonchev–Trinajstić information content (AvgIpc) is 2.57. The van der Waals surface area contributed by atoms with Crippen molar-refractivity contribution in [2.45, 2.75) is 77.8 Å². The van der Waals surface area contributed by atoms with Crippen LogP contribution in [0.2, 0.25) is 38.3 Å². The summed E-state index contributed by atoms with van der Waals surface area (Å²) in [5, 5.41) is 0. The van der Waals surface area contributed by atoms with Crippen LogP contribution in [-0.4, -0.2) is 28.6 Å². The lowest BCUT2D eigenvalue weighted by Crippen LogP contribution is -2.35. The fourth-order valence-corrected chi connectivity index (χ4v) is 6.60. The summed E-state index contributed by atoms with van der Waals surface area (Å²) in [7, 11) is -4.17. The molecule has 26 heavy (non-hydrogen) atoms. The van der Waals surface area contributed by atoms with Gasteiger partial charge >= 0.3 is 11.9 Å². The fourth-order valence-electron chi connectivity index (χ4n) is 2.76. The zero-order valence-corrected chi connectivity index (χ0v) is 19.2. The van der Waals surface area contributed by atoms with Gasteiger partial charge in [-0.25, -0.2) is 9.59 Å². The van der Waals surface area contributed by atoms with Gasteiger partial charge in [-0.05, 0) is 50.4 Å². The minimum absolute atomic E-state index is 0.315. The third-order valence-corrected chi connectivity index (χ3v) is 8.96. The minimum Gasteiger partial charge on any atom is -0.516 e. The second kappa shape index (κ2) is 10.1. The first-order valence-corrected chi connectivity index (χ1v) is 15.9. The Morgan fingerprint density at radius 2 is 1.12 bits per heavy atom. The van der Waals surface area contributed by atoms with Gasteiger partial charge < -0.3 is 8.85 Å². The summed E-state index contributed by atoms with van der Waals surface area (Å²) in [5.74, 6) is -0.809. The van der Waals surface area contributed by atoms with E-state index in [9.17, 15) is 9.59 Å². The highest BCUT2D eigenvalue weighted by Crippen LogP contribution is 2.22. The average molecular weight is 395 g/mol. The molecule has 0 aliphatic heterocycles. The predicted octanol–water partition coefficient (Wildman–Crippen LogP) is 6.01. The van der Waals surface area contributed by atoms with Gasteiger partial charge in [0, 0.05) is 0 Å². The summed E-state index contributed by atoms with van der Waals surface area (Å²) in [6, 6.07) is 8.69. The molecular formula is C20H34O4Si2. The first-order valence-electron chi connectivity index (χ1n) is 9.67. The first-order chi connectivity index (χ1) is 12.1. The van der Waals surface area contributed by atoms with Crippen molar-refractivity contribution >= 4 is 28.6 Å². The number of rotatable bonds is 10. The molecule has 146 valence electrons. The van der Waals surface area contributed by atoms with E-state index >= 15 is 0 Å². The molecule has 0 N–H and O–H groups in total. The Morgan fingerprint density at radius 3 is 1.42 bits per heavy atom. The Morgan fingerprint density at radius 1 is 0.769 bits per heavy atom. The van der Waals surface area contributed by atoms with Crippen molar-refractivity contribution in [3.05, 3.63) is 35.4 Å². The van der Waals surface area contributed by atoms with Crippen LogP contribution >= 0.6 is 0 Å². The third-order valence-electron chi connectivity index (χ3n) is 4.37. The molecule has 1 aromatic rings. The van der Waals surface area contributed by atoms with Gasteiger partial charge in [-0.15, -0.1) is 0 Å². The highest BCUT2D eigenvalue weighted by atomic mass is 28.4. The van der Waals surface area contributed by atoms with Gasteiger partial charge in [0.25, 0.3) is 0 Å². The van der Waals surface area contributed by atoms with Crippen LogP contribution in [0, 0.1) is 0 Å². The molecule has 0 atom stereocenters. The number of carbonyl (C=O) groups is 2. The van der Waals surface area contributed by atoms with E-state index in [2.05, 4.69) is 13.8 Å². The molecule has 0 radical (unpaired) electrons. The van der Waals surface area contributed by atoms with Gasteiger partial charge in [0.1, 0.15) is 0 Å². The van der Waals surface area contributed by atoms with Crippen LogP contribution in [0.1, 0.15) is 60.2 Å². The monoisotopic (exact) mass is 394 g/mol. The van der Waals surface area contributed by atoms with Crippen LogP contribution in [0.4, 0.5) is 0 Å². The summed E-state index contributed by atoms with van der Waals surface area (Å²) < 4.78 is 11.6. The molecule has 0 aliphatic carbocycles. The van der Waals surface area contributed by atoms with Crippen molar-refractivity contribution < 1.29 is 18.4 Å². The Hall–Kier alpha value is -1.41. The predicted molar refractivity (Wildman–Crippen MR) is 112 cm³/mol. The van der Waals surface area contributed by atoms with E-state index in [1.54, 1.807) is 24.3 Å². The van der Waals surface area contributed by atoms with Crippen molar-refractivity contribution in [2.75, 3.05) is 0 Å². The molecule has 4 nitrogen and oxygen atoms in total. The minimum atomic E-state index is -2.09. The molecule has 6 heteroatoms. The van der Waals surface area contributed by atoms with Gasteiger partial charge in [-0.2, -0.15) is 0 Å². The van der Waals surface area contributed by atoms with Crippen LogP contribution in [-0.2, 0) is 8.85 Å². The van der Waals surface area contributed by atoms with Crippen molar-refractivity contribution in [1.82, 2.24) is 0 Å². The molecule has 0 bridgehead atoms. The molecule has 0 aliphatic rings. The number of unbranched alkanes of at least 4 members (excludes halogenated alkanes) is 2.